The summed E-state index contributed by atoms with van der Waals surface area (Å²) >= 11 is 0. The lowest BCUT2D eigenvalue weighted by atomic mass is 10.1. The standard InChI is InChI=1S/C20H26N6O3/c1-28-17(27)15-7-3-4-8-16(15)21-18-22-19(25-9-5-2-6-10-25)24-20(23-18)26-11-13-29-14-12-26/h3-4,7-8H,2,5-6,9-14H2,1H3,(H,21,22,23,24). The summed E-state index contributed by atoms with van der Waals surface area (Å²) in [5.74, 6) is 1.30. The van der Waals surface area contributed by atoms with Crippen LogP contribution in [0.4, 0.5) is 23.5 Å². The average Bonchev–Trinajstić information content (AvgIpc) is 2.80. The van der Waals surface area contributed by atoms with Crippen LogP contribution >= 0.6 is 0 Å². The van der Waals surface area contributed by atoms with Crippen LogP contribution in [0.15, 0.2) is 24.3 Å². The van der Waals surface area contributed by atoms with Crippen LogP contribution < -0.4 is 15.1 Å². The molecule has 0 saturated carbocycles. The number of anilines is 4. The number of methoxy groups -OCH3 is 1. The highest BCUT2D eigenvalue weighted by Crippen LogP contribution is 2.24. The molecule has 2 fully saturated rings. The SMILES string of the molecule is COC(=O)c1ccccc1Nc1nc(N2CCCCC2)nc(N2CCOCC2)n1. The summed E-state index contributed by atoms with van der Waals surface area (Å²) in [4.78, 5) is 30.4. The molecule has 4 rings (SSSR count). The van der Waals surface area contributed by atoms with E-state index in [9.17, 15) is 4.79 Å². The van der Waals surface area contributed by atoms with Crippen molar-refractivity contribution in [2.45, 2.75) is 19.3 Å². The number of hydrogen-bond acceptors (Lipinski definition) is 9. The molecule has 29 heavy (non-hydrogen) atoms. The van der Waals surface area contributed by atoms with Gasteiger partial charge in [0, 0.05) is 26.2 Å². The topological polar surface area (TPSA) is 92.7 Å². The number of morpholine rings is 1. The molecular formula is C20H26N6O3. The van der Waals surface area contributed by atoms with E-state index in [0.29, 0.717) is 42.3 Å². The molecule has 0 spiro atoms. The van der Waals surface area contributed by atoms with Crippen molar-refractivity contribution in [3.8, 4) is 0 Å². The molecule has 0 radical (unpaired) electrons. The molecule has 0 unspecified atom stereocenters. The highest BCUT2D eigenvalue weighted by Gasteiger charge is 2.21. The molecule has 2 saturated heterocycles. The Kier molecular flexibility index (Phi) is 6.04. The van der Waals surface area contributed by atoms with Gasteiger partial charge < -0.3 is 24.6 Å². The third-order valence-electron chi connectivity index (χ3n) is 5.12. The zero-order valence-corrected chi connectivity index (χ0v) is 16.6. The zero-order valence-electron chi connectivity index (χ0n) is 16.6. The molecule has 0 atom stereocenters. The Morgan fingerprint density at radius 1 is 0.966 bits per heavy atom. The van der Waals surface area contributed by atoms with Crippen LogP contribution in [0, 0.1) is 0 Å². The van der Waals surface area contributed by atoms with E-state index in [-0.39, 0.29) is 0 Å². The van der Waals surface area contributed by atoms with Gasteiger partial charge in [-0.25, -0.2) is 4.79 Å². The molecular weight excluding hydrogens is 372 g/mol. The largest absolute Gasteiger partial charge is 0.465 e. The smallest absolute Gasteiger partial charge is 0.339 e. The third-order valence-corrected chi connectivity index (χ3v) is 5.12. The second-order valence-electron chi connectivity index (χ2n) is 7.07. The van der Waals surface area contributed by atoms with Gasteiger partial charge in [0.1, 0.15) is 0 Å². The van der Waals surface area contributed by atoms with Gasteiger partial charge in [0.2, 0.25) is 17.8 Å². The maximum absolute atomic E-state index is 12.1. The van der Waals surface area contributed by atoms with Gasteiger partial charge in [0.15, 0.2) is 0 Å². The minimum atomic E-state index is -0.410. The van der Waals surface area contributed by atoms with Crippen LogP contribution in [0.2, 0.25) is 0 Å². The summed E-state index contributed by atoms with van der Waals surface area (Å²) in [5.41, 5.74) is 1.03. The first-order valence-electron chi connectivity index (χ1n) is 10.0. The van der Waals surface area contributed by atoms with Crippen molar-refractivity contribution in [3.63, 3.8) is 0 Å². The average molecular weight is 398 g/mol. The van der Waals surface area contributed by atoms with Gasteiger partial charge in [-0.15, -0.1) is 0 Å². The van der Waals surface area contributed by atoms with Gasteiger partial charge in [0.25, 0.3) is 0 Å². The highest BCUT2D eigenvalue weighted by atomic mass is 16.5. The first kappa shape index (κ1) is 19.4. The van der Waals surface area contributed by atoms with Crippen LogP contribution in [0.5, 0.6) is 0 Å². The number of rotatable bonds is 5. The predicted octanol–water partition coefficient (Wildman–Crippen LogP) is 2.23. The second kappa shape index (κ2) is 9.04. The van der Waals surface area contributed by atoms with E-state index in [1.54, 1.807) is 12.1 Å². The fraction of sp³-hybridized carbons (Fsp3) is 0.500. The molecule has 2 aromatic rings. The molecule has 3 heterocycles. The summed E-state index contributed by atoms with van der Waals surface area (Å²) in [6.45, 7) is 4.65. The third kappa shape index (κ3) is 4.56. The summed E-state index contributed by atoms with van der Waals surface area (Å²) < 4.78 is 10.3. The second-order valence-corrected chi connectivity index (χ2v) is 7.07. The number of carbonyl (C=O) groups excluding carboxylic acids is 1. The number of piperidine rings is 1. The zero-order chi connectivity index (χ0) is 20.1. The molecule has 1 N–H and O–H groups in total. The first-order chi connectivity index (χ1) is 14.2. The van der Waals surface area contributed by atoms with Crippen molar-refractivity contribution in [2.75, 3.05) is 61.6 Å². The number of carbonyl (C=O) groups is 1. The first-order valence-corrected chi connectivity index (χ1v) is 10.0. The van der Waals surface area contributed by atoms with Gasteiger partial charge in [-0.3, -0.25) is 0 Å². The van der Waals surface area contributed by atoms with Gasteiger partial charge in [-0.05, 0) is 31.4 Å². The van der Waals surface area contributed by atoms with Gasteiger partial charge in [-0.1, -0.05) is 12.1 Å². The molecule has 1 aromatic carbocycles. The lowest BCUT2D eigenvalue weighted by Crippen LogP contribution is -2.38. The molecule has 2 aliphatic rings. The fourth-order valence-corrected chi connectivity index (χ4v) is 3.55. The molecule has 0 aliphatic carbocycles. The van der Waals surface area contributed by atoms with Gasteiger partial charge in [0.05, 0.1) is 31.6 Å². The maximum atomic E-state index is 12.1. The molecule has 9 nitrogen and oxygen atoms in total. The normalized spacial score (nSPS) is 17.1. The Balaban J connectivity index is 1.67. The van der Waals surface area contributed by atoms with E-state index >= 15 is 0 Å². The van der Waals surface area contributed by atoms with Crippen LogP contribution in [0.25, 0.3) is 0 Å². The lowest BCUT2D eigenvalue weighted by molar-refractivity contribution is 0.0602. The van der Waals surface area contributed by atoms with E-state index in [2.05, 4.69) is 25.1 Å². The Morgan fingerprint density at radius 2 is 1.62 bits per heavy atom. The number of esters is 1. The van der Waals surface area contributed by atoms with Crippen LogP contribution in [0.3, 0.4) is 0 Å². The van der Waals surface area contributed by atoms with E-state index in [1.165, 1.54) is 13.5 Å². The van der Waals surface area contributed by atoms with Crippen molar-refractivity contribution < 1.29 is 14.3 Å². The van der Waals surface area contributed by atoms with Gasteiger partial charge in [-0.2, -0.15) is 15.0 Å². The van der Waals surface area contributed by atoms with Crippen molar-refractivity contribution >= 4 is 29.5 Å². The summed E-state index contributed by atoms with van der Waals surface area (Å²) in [5, 5.41) is 3.20. The van der Waals surface area contributed by atoms with Crippen molar-refractivity contribution in [3.05, 3.63) is 29.8 Å². The quantitative estimate of drug-likeness (QED) is 0.761. The minimum Gasteiger partial charge on any atom is -0.465 e. The van der Waals surface area contributed by atoms with E-state index in [1.807, 2.05) is 12.1 Å². The van der Waals surface area contributed by atoms with Crippen LogP contribution in [-0.2, 0) is 9.47 Å². The van der Waals surface area contributed by atoms with Gasteiger partial charge >= 0.3 is 5.97 Å². The number of benzene rings is 1. The van der Waals surface area contributed by atoms with Crippen LogP contribution in [0.1, 0.15) is 29.6 Å². The van der Waals surface area contributed by atoms with E-state index < -0.39 is 5.97 Å². The predicted molar refractivity (Wildman–Crippen MR) is 110 cm³/mol. The monoisotopic (exact) mass is 398 g/mol. The summed E-state index contributed by atoms with van der Waals surface area (Å²) in [6.07, 6.45) is 3.49. The Labute approximate surface area is 170 Å². The molecule has 9 heteroatoms. The molecule has 0 bridgehead atoms. The van der Waals surface area contributed by atoms with Crippen molar-refractivity contribution in [1.29, 1.82) is 0 Å². The number of aromatic nitrogens is 3. The van der Waals surface area contributed by atoms with E-state index in [0.717, 1.165) is 39.0 Å². The Bertz CT molecular complexity index is 814. The Hall–Kier alpha value is -2.94. The summed E-state index contributed by atoms with van der Waals surface area (Å²) in [6, 6.07) is 7.17. The summed E-state index contributed by atoms with van der Waals surface area (Å²) in [7, 11) is 1.37. The Morgan fingerprint density at radius 3 is 2.31 bits per heavy atom. The maximum Gasteiger partial charge on any atom is 0.339 e. The number of nitrogens with zero attached hydrogens (tertiary/aromatic N) is 5. The fourth-order valence-electron chi connectivity index (χ4n) is 3.55. The minimum absolute atomic E-state index is 0.410. The molecule has 2 aliphatic heterocycles. The van der Waals surface area contributed by atoms with Crippen molar-refractivity contribution in [1.82, 2.24) is 15.0 Å². The highest BCUT2D eigenvalue weighted by molar-refractivity contribution is 5.96. The van der Waals surface area contributed by atoms with Crippen LogP contribution in [-0.4, -0.2) is 67.4 Å². The number of hydrogen-bond donors (Lipinski definition) is 1. The van der Waals surface area contributed by atoms with E-state index in [4.69, 9.17) is 14.5 Å². The molecule has 1 aromatic heterocycles. The molecule has 0 amide bonds. The molecule has 154 valence electrons. The number of nitrogens with one attached hydrogen (secondary N) is 1. The van der Waals surface area contributed by atoms with Crippen molar-refractivity contribution in [2.24, 2.45) is 0 Å². The lowest BCUT2D eigenvalue weighted by Gasteiger charge is -2.30. The number of para-hydroxylation sites is 1. The number of ether oxygens (including phenoxy) is 2.